The minimum Gasteiger partial charge on any atom is -0.390 e. The van der Waals surface area contributed by atoms with Gasteiger partial charge in [0.1, 0.15) is 0 Å². The Morgan fingerprint density at radius 3 is 2.69 bits per heavy atom. The van der Waals surface area contributed by atoms with Gasteiger partial charge in [0.2, 0.25) is 0 Å². The Bertz CT molecular complexity index is 319. The average molecular weight is 218 g/mol. The highest BCUT2D eigenvalue weighted by Crippen LogP contribution is 2.32. The summed E-state index contributed by atoms with van der Waals surface area (Å²) >= 11 is 0. The second-order valence-electron chi connectivity index (χ2n) is 5.42. The van der Waals surface area contributed by atoms with E-state index in [2.05, 4.69) is 31.2 Å². The third kappa shape index (κ3) is 3.08. The maximum absolute atomic E-state index is 10.6. The van der Waals surface area contributed by atoms with Crippen LogP contribution in [0.2, 0.25) is 0 Å². The summed E-state index contributed by atoms with van der Waals surface area (Å²) in [5.74, 6) is 0.782. The molecule has 1 aliphatic carbocycles. The second kappa shape index (κ2) is 5.01. The fraction of sp³-hybridized carbons (Fsp3) is 0.600. The zero-order chi connectivity index (χ0) is 11.4. The van der Waals surface area contributed by atoms with Crippen LogP contribution in [0.15, 0.2) is 30.3 Å². The molecule has 1 aliphatic rings. The van der Waals surface area contributed by atoms with Gasteiger partial charge in [-0.15, -0.1) is 0 Å². The monoisotopic (exact) mass is 218 g/mol. The SMILES string of the molecule is CC1CCCC(O)(Cc2ccccc2)CC1. The lowest BCUT2D eigenvalue weighted by Gasteiger charge is -2.26. The third-order valence-electron chi connectivity index (χ3n) is 3.82. The van der Waals surface area contributed by atoms with E-state index in [0.29, 0.717) is 0 Å². The lowest BCUT2D eigenvalue weighted by Crippen LogP contribution is -2.30. The van der Waals surface area contributed by atoms with Crippen LogP contribution in [0.4, 0.5) is 0 Å². The molecule has 88 valence electrons. The van der Waals surface area contributed by atoms with Gasteiger partial charge in [0, 0.05) is 6.42 Å². The molecule has 1 heteroatoms. The van der Waals surface area contributed by atoms with Crippen molar-refractivity contribution >= 4 is 0 Å². The van der Waals surface area contributed by atoms with Crippen molar-refractivity contribution in [2.24, 2.45) is 5.92 Å². The minimum absolute atomic E-state index is 0.452. The van der Waals surface area contributed by atoms with Gasteiger partial charge >= 0.3 is 0 Å². The third-order valence-corrected chi connectivity index (χ3v) is 3.82. The van der Waals surface area contributed by atoms with Crippen LogP contribution in [-0.4, -0.2) is 10.7 Å². The molecule has 1 N–H and O–H groups in total. The van der Waals surface area contributed by atoms with Crippen molar-refractivity contribution in [1.82, 2.24) is 0 Å². The van der Waals surface area contributed by atoms with Crippen molar-refractivity contribution in [2.45, 2.75) is 51.0 Å². The van der Waals surface area contributed by atoms with Gasteiger partial charge in [-0.05, 0) is 30.7 Å². The standard InChI is InChI=1S/C15H22O/c1-13-6-5-10-15(16,11-9-13)12-14-7-3-2-4-8-14/h2-4,7-8,13,16H,5-6,9-12H2,1H3. The predicted octanol–water partition coefficient (Wildman–Crippen LogP) is 3.56. The fourth-order valence-electron chi connectivity index (χ4n) is 2.72. The summed E-state index contributed by atoms with van der Waals surface area (Å²) in [6, 6.07) is 10.4. The van der Waals surface area contributed by atoms with E-state index in [0.717, 1.165) is 25.2 Å². The van der Waals surface area contributed by atoms with Crippen molar-refractivity contribution < 1.29 is 5.11 Å². The quantitative estimate of drug-likeness (QED) is 0.752. The number of hydrogen-bond donors (Lipinski definition) is 1. The van der Waals surface area contributed by atoms with Gasteiger partial charge in [-0.1, -0.05) is 50.1 Å². The average Bonchev–Trinajstić information content (AvgIpc) is 2.43. The molecule has 0 spiro atoms. The zero-order valence-corrected chi connectivity index (χ0v) is 10.2. The Morgan fingerprint density at radius 2 is 1.94 bits per heavy atom. The number of aliphatic hydroxyl groups is 1. The number of benzene rings is 1. The van der Waals surface area contributed by atoms with Gasteiger partial charge in [-0.25, -0.2) is 0 Å². The van der Waals surface area contributed by atoms with Gasteiger partial charge in [-0.3, -0.25) is 0 Å². The van der Waals surface area contributed by atoms with E-state index in [4.69, 9.17) is 0 Å². The smallest absolute Gasteiger partial charge is 0.0688 e. The van der Waals surface area contributed by atoms with E-state index in [9.17, 15) is 5.11 Å². The van der Waals surface area contributed by atoms with Gasteiger partial charge in [0.25, 0.3) is 0 Å². The van der Waals surface area contributed by atoms with Crippen LogP contribution in [0.25, 0.3) is 0 Å². The summed E-state index contributed by atoms with van der Waals surface area (Å²) < 4.78 is 0. The first-order chi connectivity index (χ1) is 7.68. The van der Waals surface area contributed by atoms with Gasteiger partial charge in [0.05, 0.1) is 5.60 Å². The van der Waals surface area contributed by atoms with Crippen LogP contribution in [-0.2, 0) is 6.42 Å². The lowest BCUT2D eigenvalue weighted by molar-refractivity contribution is 0.0244. The first-order valence-electron chi connectivity index (χ1n) is 6.44. The number of hydrogen-bond acceptors (Lipinski definition) is 1. The molecule has 0 amide bonds. The molecule has 16 heavy (non-hydrogen) atoms. The molecule has 0 aromatic heterocycles. The molecule has 2 unspecified atom stereocenters. The summed E-state index contributed by atoms with van der Waals surface area (Å²) in [5.41, 5.74) is 0.811. The maximum atomic E-state index is 10.6. The topological polar surface area (TPSA) is 20.2 Å². The van der Waals surface area contributed by atoms with E-state index in [1.807, 2.05) is 6.07 Å². The normalized spacial score (nSPS) is 31.0. The van der Waals surface area contributed by atoms with Crippen molar-refractivity contribution in [1.29, 1.82) is 0 Å². The highest BCUT2D eigenvalue weighted by atomic mass is 16.3. The largest absolute Gasteiger partial charge is 0.390 e. The van der Waals surface area contributed by atoms with E-state index < -0.39 is 5.60 Å². The molecule has 0 aliphatic heterocycles. The highest BCUT2D eigenvalue weighted by molar-refractivity contribution is 5.17. The molecule has 0 radical (unpaired) electrons. The minimum atomic E-state index is -0.452. The molecule has 2 atom stereocenters. The Morgan fingerprint density at radius 1 is 1.19 bits per heavy atom. The molecule has 2 rings (SSSR count). The Hall–Kier alpha value is -0.820. The molecule has 1 aromatic rings. The lowest BCUT2D eigenvalue weighted by atomic mass is 9.87. The summed E-state index contributed by atoms with van der Waals surface area (Å²) in [5, 5.41) is 10.6. The molecule has 0 saturated heterocycles. The van der Waals surface area contributed by atoms with Crippen molar-refractivity contribution in [2.75, 3.05) is 0 Å². The molecule has 1 saturated carbocycles. The summed E-state index contributed by atoms with van der Waals surface area (Å²) in [4.78, 5) is 0. The molecule has 1 nitrogen and oxygen atoms in total. The summed E-state index contributed by atoms with van der Waals surface area (Å²) in [6.07, 6.45) is 6.36. The van der Waals surface area contributed by atoms with Crippen LogP contribution in [0, 0.1) is 5.92 Å². The van der Waals surface area contributed by atoms with Crippen LogP contribution in [0.1, 0.15) is 44.6 Å². The van der Waals surface area contributed by atoms with Crippen LogP contribution in [0.5, 0.6) is 0 Å². The molecule has 0 bridgehead atoms. The second-order valence-corrected chi connectivity index (χ2v) is 5.42. The van der Waals surface area contributed by atoms with E-state index in [-0.39, 0.29) is 0 Å². The van der Waals surface area contributed by atoms with Gasteiger partial charge < -0.3 is 5.11 Å². The van der Waals surface area contributed by atoms with E-state index in [1.165, 1.54) is 24.8 Å². The first-order valence-corrected chi connectivity index (χ1v) is 6.44. The van der Waals surface area contributed by atoms with Gasteiger partial charge in [0.15, 0.2) is 0 Å². The van der Waals surface area contributed by atoms with E-state index >= 15 is 0 Å². The number of rotatable bonds is 2. The predicted molar refractivity (Wildman–Crippen MR) is 67.3 cm³/mol. The van der Waals surface area contributed by atoms with Crippen LogP contribution in [0.3, 0.4) is 0 Å². The van der Waals surface area contributed by atoms with Crippen molar-refractivity contribution in [3.8, 4) is 0 Å². The molecule has 0 heterocycles. The molecule has 1 fully saturated rings. The fourth-order valence-corrected chi connectivity index (χ4v) is 2.72. The highest BCUT2D eigenvalue weighted by Gasteiger charge is 2.29. The summed E-state index contributed by atoms with van der Waals surface area (Å²) in [6.45, 7) is 2.30. The Labute approximate surface area is 98.5 Å². The molecular formula is C15H22O. The van der Waals surface area contributed by atoms with Crippen molar-refractivity contribution in [3.05, 3.63) is 35.9 Å². The molecular weight excluding hydrogens is 196 g/mol. The maximum Gasteiger partial charge on any atom is 0.0688 e. The molecule has 1 aromatic carbocycles. The van der Waals surface area contributed by atoms with Crippen molar-refractivity contribution in [3.63, 3.8) is 0 Å². The van der Waals surface area contributed by atoms with E-state index in [1.54, 1.807) is 0 Å². The first kappa shape index (κ1) is 11.7. The van der Waals surface area contributed by atoms with Crippen LogP contribution < -0.4 is 0 Å². The van der Waals surface area contributed by atoms with Crippen LogP contribution >= 0.6 is 0 Å². The van der Waals surface area contributed by atoms with Gasteiger partial charge in [-0.2, -0.15) is 0 Å². The summed E-state index contributed by atoms with van der Waals surface area (Å²) in [7, 11) is 0. The Kier molecular flexibility index (Phi) is 3.65. The Balaban J connectivity index is 2.02. The zero-order valence-electron chi connectivity index (χ0n) is 10.2.